The number of rotatable bonds is 5. The maximum atomic E-state index is 12.9. The number of nitrogens with zero attached hydrogens (tertiary/aromatic N) is 1. The molecule has 0 spiro atoms. The first-order chi connectivity index (χ1) is 9.52. The highest BCUT2D eigenvalue weighted by atomic mass is 19.4. The first-order valence-electron chi connectivity index (χ1n) is 6.40. The molecule has 2 aromatic rings. The summed E-state index contributed by atoms with van der Waals surface area (Å²) < 4.78 is 38.6. The normalized spacial score (nSPS) is 13.4. The lowest BCUT2D eigenvalue weighted by Crippen LogP contribution is -2.23. The lowest BCUT2D eigenvalue weighted by molar-refractivity contribution is -0.138. The van der Waals surface area contributed by atoms with Crippen molar-refractivity contribution < 1.29 is 13.2 Å². The molecule has 0 aliphatic rings. The molecular formula is C14H16F3N3. The molecule has 0 bridgehead atoms. The maximum absolute atomic E-state index is 12.9. The van der Waals surface area contributed by atoms with Crippen LogP contribution in [0, 0.1) is 0 Å². The van der Waals surface area contributed by atoms with Gasteiger partial charge in [-0.25, -0.2) is 4.98 Å². The number of halogens is 3. The monoisotopic (exact) mass is 283 g/mol. The van der Waals surface area contributed by atoms with Crippen molar-refractivity contribution >= 4 is 0 Å². The third kappa shape index (κ3) is 3.39. The van der Waals surface area contributed by atoms with Crippen LogP contribution in [0.5, 0.6) is 0 Å². The summed E-state index contributed by atoms with van der Waals surface area (Å²) >= 11 is 0. The minimum Gasteiger partial charge on any atom is -0.347 e. The molecule has 0 aliphatic carbocycles. The van der Waals surface area contributed by atoms with E-state index in [-0.39, 0.29) is 18.2 Å². The fourth-order valence-corrected chi connectivity index (χ4v) is 2.09. The predicted molar refractivity (Wildman–Crippen MR) is 69.9 cm³/mol. The lowest BCUT2D eigenvalue weighted by atomic mass is 10.1. The van der Waals surface area contributed by atoms with Crippen molar-refractivity contribution in [3.05, 3.63) is 53.6 Å². The molecular weight excluding hydrogens is 267 g/mol. The number of benzene rings is 1. The Morgan fingerprint density at radius 1 is 1.30 bits per heavy atom. The lowest BCUT2D eigenvalue weighted by Gasteiger charge is -2.17. The minimum absolute atomic E-state index is 0.0914. The van der Waals surface area contributed by atoms with Crippen LogP contribution >= 0.6 is 0 Å². The van der Waals surface area contributed by atoms with Crippen molar-refractivity contribution in [2.45, 2.75) is 32.1 Å². The van der Waals surface area contributed by atoms with E-state index in [1.165, 1.54) is 12.1 Å². The molecule has 0 radical (unpaired) electrons. The van der Waals surface area contributed by atoms with E-state index in [2.05, 4.69) is 15.3 Å². The van der Waals surface area contributed by atoms with Crippen molar-refractivity contribution in [3.8, 4) is 0 Å². The van der Waals surface area contributed by atoms with Gasteiger partial charge in [-0.1, -0.05) is 25.1 Å². The Morgan fingerprint density at radius 2 is 2.05 bits per heavy atom. The van der Waals surface area contributed by atoms with E-state index < -0.39 is 11.7 Å². The number of aromatic amines is 1. The number of alkyl halides is 3. The van der Waals surface area contributed by atoms with Crippen LogP contribution in [0.3, 0.4) is 0 Å². The van der Waals surface area contributed by atoms with Gasteiger partial charge in [-0.2, -0.15) is 13.2 Å². The van der Waals surface area contributed by atoms with E-state index in [9.17, 15) is 13.2 Å². The Morgan fingerprint density at radius 3 is 2.65 bits per heavy atom. The first kappa shape index (κ1) is 14.6. The molecule has 0 saturated carbocycles. The Hall–Kier alpha value is -1.82. The second-order valence-corrected chi connectivity index (χ2v) is 4.47. The van der Waals surface area contributed by atoms with Gasteiger partial charge in [-0.15, -0.1) is 0 Å². The summed E-state index contributed by atoms with van der Waals surface area (Å²) in [5, 5.41) is 3.11. The van der Waals surface area contributed by atoms with Crippen LogP contribution in [-0.2, 0) is 12.7 Å². The van der Waals surface area contributed by atoms with E-state index in [4.69, 9.17) is 0 Å². The van der Waals surface area contributed by atoms with Gasteiger partial charge in [0.15, 0.2) is 0 Å². The molecule has 0 saturated heterocycles. The van der Waals surface area contributed by atoms with Gasteiger partial charge in [-0.3, -0.25) is 0 Å². The molecule has 1 unspecified atom stereocenters. The summed E-state index contributed by atoms with van der Waals surface area (Å²) in [5.74, 6) is 0.733. The highest BCUT2D eigenvalue weighted by Gasteiger charge is 2.32. The number of imidazole rings is 1. The topological polar surface area (TPSA) is 40.7 Å². The van der Waals surface area contributed by atoms with Crippen molar-refractivity contribution in [2.24, 2.45) is 0 Å². The van der Waals surface area contributed by atoms with Gasteiger partial charge in [0.25, 0.3) is 0 Å². The molecule has 1 atom stereocenters. The average Bonchev–Trinajstić information content (AvgIpc) is 2.93. The third-order valence-corrected chi connectivity index (χ3v) is 3.12. The van der Waals surface area contributed by atoms with Gasteiger partial charge in [0.2, 0.25) is 0 Å². The zero-order chi connectivity index (χ0) is 14.6. The Bertz CT molecular complexity index is 535. The minimum atomic E-state index is -4.33. The van der Waals surface area contributed by atoms with Gasteiger partial charge in [0, 0.05) is 18.9 Å². The predicted octanol–water partition coefficient (Wildman–Crippen LogP) is 3.67. The fourth-order valence-electron chi connectivity index (χ4n) is 2.09. The number of nitrogens with one attached hydrogen (secondary N) is 2. The molecule has 3 nitrogen and oxygen atoms in total. The van der Waals surface area contributed by atoms with Crippen molar-refractivity contribution in [2.75, 3.05) is 0 Å². The zero-order valence-electron chi connectivity index (χ0n) is 11.0. The quantitative estimate of drug-likeness (QED) is 0.879. The van der Waals surface area contributed by atoms with Crippen molar-refractivity contribution in [1.82, 2.24) is 15.3 Å². The third-order valence-electron chi connectivity index (χ3n) is 3.12. The summed E-state index contributed by atoms with van der Waals surface area (Å²) in [4.78, 5) is 7.10. The first-order valence-corrected chi connectivity index (χ1v) is 6.40. The summed E-state index contributed by atoms with van der Waals surface area (Å²) in [6.45, 7) is 2.10. The van der Waals surface area contributed by atoms with Gasteiger partial charge >= 0.3 is 6.18 Å². The summed E-state index contributed by atoms with van der Waals surface area (Å²) in [6, 6.07) is 5.51. The van der Waals surface area contributed by atoms with E-state index in [0.717, 1.165) is 18.3 Å². The number of H-pyrrole nitrogens is 1. The second-order valence-electron chi connectivity index (χ2n) is 4.47. The Kier molecular flexibility index (Phi) is 4.44. The molecule has 1 aromatic heterocycles. The smallest absolute Gasteiger partial charge is 0.347 e. The summed E-state index contributed by atoms with van der Waals surface area (Å²) in [7, 11) is 0. The molecule has 0 aliphatic heterocycles. The highest BCUT2D eigenvalue weighted by molar-refractivity contribution is 5.29. The van der Waals surface area contributed by atoms with Crippen LogP contribution in [-0.4, -0.2) is 9.97 Å². The SMILES string of the molecule is CCC(NCc1ccccc1C(F)(F)F)c1ncc[nH]1. The highest BCUT2D eigenvalue weighted by Crippen LogP contribution is 2.32. The van der Waals surface area contributed by atoms with Crippen LogP contribution < -0.4 is 5.32 Å². The molecule has 6 heteroatoms. The number of aromatic nitrogens is 2. The van der Waals surface area contributed by atoms with Gasteiger partial charge in [-0.05, 0) is 18.1 Å². The molecule has 1 aromatic carbocycles. The van der Waals surface area contributed by atoms with Crippen LogP contribution in [0.25, 0.3) is 0 Å². The molecule has 1 heterocycles. The van der Waals surface area contributed by atoms with Gasteiger partial charge < -0.3 is 10.3 Å². The van der Waals surface area contributed by atoms with Gasteiger partial charge in [0.05, 0.1) is 11.6 Å². The standard InChI is InChI=1S/C14H16F3N3/c1-2-12(13-18-7-8-19-13)20-9-10-5-3-4-6-11(10)14(15,16)17/h3-8,12,20H,2,9H2,1H3,(H,18,19). The van der Waals surface area contributed by atoms with E-state index in [1.807, 2.05) is 6.92 Å². The average molecular weight is 283 g/mol. The molecule has 20 heavy (non-hydrogen) atoms. The number of hydrogen-bond acceptors (Lipinski definition) is 2. The van der Waals surface area contributed by atoms with E-state index in [1.54, 1.807) is 18.5 Å². The Balaban J connectivity index is 2.11. The Labute approximate surface area is 115 Å². The maximum Gasteiger partial charge on any atom is 0.416 e. The van der Waals surface area contributed by atoms with Gasteiger partial charge in [0.1, 0.15) is 5.82 Å². The van der Waals surface area contributed by atoms with Crippen LogP contribution in [0.4, 0.5) is 13.2 Å². The molecule has 108 valence electrons. The van der Waals surface area contributed by atoms with Crippen LogP contribution in [0.2, 0.25) is 0 Å². The molecule has 0 fully saturated rings. The fraction of sp³-hybridized carbons (Fsp3) is 0.357. The summed E-state index contributed by atoms with van der Waals surface area (Å²) in [6.07, 6.45) is -0.265. The van der Waals surface area contributed by atoms with E-state index in [0.29, 0.717) is 0 Å². The largest absolute Gasteiger partial charge is 0.416 e. The van der Waals surface area contributed by atoms with Crippen LogP contribution in [0.15, 0.2) is 36.7 Å². The van der Waals surface area contributed by atoms with Crippen LogP contribution in [0.1, 0.15) is 36.3 Å². The zero-order valence-corrected chi connectivity index (χ0v) is 11.0. The summed E-state index contributed by atoms with van der Waals surface area (Å²) in [5.41, 5.74) is -0.355. The molecule has 2 N–H and O–H groups in total. The second kappa shape index (κ2) is 6.09. The van der Waals surface area contributed by atoms with Crippen molar-refractivity contribution in [3.63, 3.8) is 0 Å². The van der Waals surface area contributed by atoms with E-state index >= 15 is 0 Å². The molecule has 2 rings (SSSR count). The van der Waals surface area contributed by atoms with Crippen molar-refractivity contribution in [1.29, 1.82) is 0 Å². The molecule has 0 amide bonds. The number of hydrogen-bond donors (Lipinski definition) is 2.